The zero-order chi connectivity index (χ0) is 24.2. The number of benzene rings is 2. The van der Waals surface area contributed by atoms with Crippen molar-refractivity contribution in [3.8, 4) is 5.75 Å². The minimum absolute atomic E-state index is 0.0138. The Hall–Kier alpha value is -2.58. The van der Waals surface area contributed by atoms with Gasteiger partial charge in [0.05, 0.1) is 37.0 Å². The first-order valence-corrected chi connectivity index (χ1v) is 11.8. The number of halogens is 2. The van der Waals surface area contributed by atoms with Crippen molar-refractivity contribution in [2.24, 2.45) is 0 Å². The Bertz CT molecular complexity index is 1110. The fourth-order valence-corrected chi connectivity index (χ4v) is 4.85. The van der Waals surface area contributed by atoms with Crippen LogP contribution in [0.1, 0.15) is 23.6 Å². The monoisotopic (exact) mass is 504 g/mol. The third-order valence-electron chi connectivity index (χ3n) is 6.11. The summed E-state index contributed by atoms with van der Waals surface area (Å²) in [6.45, 7) is 4.21. The standard InChI is InChI=1S/C25H26Cl2N2O5/c1-33-20-7-6-17(15-19(20)27)23(30)21-22(16-4-2-5-18(26)14-16)29(25(32)24(21)31)9-3-8-28-10-12-34-13-11-28/h2,4-7,14-15,22,30H,3,8-13H2,1H3/t22-/m0/s1. The van der Waals surface area contributed by atoms with E-state index in [-0.39, 0.29) is 16.4 Å². The average molecular weight is 505 g/mol. The maximum Gasteiger partial charge on any atom is 0.295 e. The van der Waals surface area contributed by atoms with Crippen LogP contribution in [0.25, 0.3) is 5.76 Å². The molecule has 1 amide bonds. The summed E-state index contributed by atoms with van der Waals surface area (Å²) in [4.78, 5) is 30.0. The molecule has 1 atom stereocenters. The van der Waals surface area contributed by atoms with Gasteiger partial charge >= 0.3 is 0 Å². The molecule has 9 heteroatoms. The molecule has 0 saturated carbocycles. The predicted molar refractivity (Wildman–Crippen MR) is 130 cm³/mol. The van der Waals surface area contributed by atoms with Gasteiger partial charge in [-0.15, -0.1) is 0 Å². The van der Waals surface area contributed by atoms with Gasteiger partial charge < -0.3 is 19.5 Å². The number of aliphatic hydroxyl groups is 1. The number of ketones is 1. The van der Waals surface area contributed by atoms with Crippen molar-refractivity contribution >= 4 is 40.7 Å². The number of methoxy groups -OCH3 is 1. The van der Waals surface area contributed by atoms with Gasteiger partial charge in [-0.05, 0) is 42.3 Å². The summed E-state index contributed by atoms with van der Waals surface area (Å²) >= 11 is 12.5. The van der Waals surface area contributed by atoms with Crippen molar-refractivity contribution in [2.75, 3.05) is 46.5 Å². The Morgan fingerprint density at radius 2 is 1.88 bits per heavy atom. The normalized spacial score (nSPS) is 20.7. The smallest absolute Gasteiger partial charge is 0.295 e. The van der Waals surface area contributed by atoms with Crippen molar-refractivity contribution in [3.05, 3.63) is 69.2 Å². The lowest BCUT2D eigenvalue weighted by Gasteiger charge is -2.29. The molecular formula is C25H26Cl2N2O5. The molecule has 2 fully saturated rings. The molecule has 1 N–H and O–H groups in total. The maximum atomic E-state index is 13.1. The van der Waals surface area contributed by atoms with Crippen LogP contribution in [0.5, 0.6) is 5.75 Å². The summed E-state index contributed by atoms with van der Waals surface area (Å²) in [5.41, 5.74) is 0.989. The van der Waals surface area contributed by atoms with E-state index in [2.05, 4.69) is 4.90 Å². The molecule has 4 rings (SSSR count). The molecule has 7 nitrogen and oxygen atoms in total. The van der Waals surface area contributed by atoms with E-state index >= 15 is 0 Å². The van der Waals surface area contributed by atoms with Gasteiger partial charge in [0.25, 0.3) is 11.7 Å². The number of rotatable bonds is 7. The molecular weight excluding hydrogens is 479 g/mol. The van der Waals surface area contributed by atoms with Crippen LogP contribution in [0.4, 0.5) is 0 Å². The second-order valence-corrected chi connectivity index (χ2v) is 9.05. The van der Waals surface area contributed by atoms with E-state index < -0.39 is 17.7 Å². The predicted octanol–water partition coefficient (Wildman–Crippen LogP) is 4.15. The fourth-order valence-electron chi connectivity index (χ4n) is 4.39. The van der Waals surface area contributed by atoms with Gasteiger partial charge in [0.1, 0.15) is 11.5 Å². The topological polar surface area (TPSA) is 79.3 Å². The summed E-state index contributed by atoms with van der Waals surface area (Å²) in [5, 5.41) is 11.9. The average Bonchev–Trinajstić information content (AvgIpc) is 3.09. The highest BCUT2D eigenvalue weighted by molar-refractivity contribution is 6.46. The molecule has 2 heterocycles. The van der Waals surface area contributed by atoms with E-state index in [1.807, 2.05) is 0 Å². The van der Waals surface area contributed by atoms with Gasteiger partial charge in [-0.25, -0.2) is 0 Å². The van der Waals surface area contributed by atoms with Crippen molar-refractivity contribution in [3.63, 3.8) is 0 Å². The minimum atomic E-state index is -0.760. The van der Waals surface area contributed by atoms with Crippen LogP contribution in [-0.2, 0) is 14.3 Å². The van der Waals surface area contributed by atoms with E-state index in [1.54, 1.807) is 36.4 Å². The number of hydrogen-bond acceptors (Lipinski definition) is 6. The van der Waals surface area contributed by atoms with Crippen LogP contribution >= 0.6 is 23.2 Å². The first-order valence-electron chi connectivity index (χ1n) is 11.1. The van der Waals surface area contributed by atoms with E-state index in [0.29, 0.717) is 48.1 Å². The summed E-state index contributed by atoms with van der Waals surface area (Å²) in [7, 11) is 1.49. The molecule has 180 valence electrons. The lowest BCUT2D eigenvalue weighted by Crippen LogP contribution is -2.38. The molecule has 2 aromatic rings. The van der Waals surface area contributed by atoms with Crippen LogP contribution in [-0.4, -0.2) is 73.1 Å². The second kappa shape index (κ2) is 10.8. The van der Waals surface area contributed by atoms with Crippen LogP contribution in [0.15, 0.2) is 48.0 Å². The number of carbonyl (C=O) groups excluding carboxylic acids is 2. The summed E-state index contributed by atoms with van der Waals surface area (Å²) in [5.74, 6) is -1.23. The van der Waals surface area contributed by atoms with Crippen molar-refractivity contribution in [1.82, 2.24) is 9.80 Å². The van der Waals surface area contributed by atoms with Crippen LogP contribution in [0.2, 0.25) is 10.0 Å². The number of hydrogen-bond donors (Lipinski definition) is 1. The molecule has 2 saturated heterocycles. The molecule has 2 aromatic carbocycles. The largest absolute Gasteiger partial charge is 0.507 e. The number of nitrogens with zero attached hydrogens (tertiary/aromatic N) is 2. The maximum absolute atomic E-state index is 13.1. The number of morpholine rings is 1. The molecule has 0 spiro atoms. The molecule has 2 aliphatic heterocycles. The van der Waals surface area contributed by atoms with Gasteiger partial charge in [-0.2, -0.15) is 0 Å². The van der Waals surface area contributed by atoms with Gasteiger partial charge in [-0.3, -0.25) is 14.5 Å². The lowest BCUT2D eigenvalue weighted by molar-refractivity contribution is -0.140. The number of aliphatic hydroxyl groups excluding tert-OH is 1. The van der Waals surface area contributed by atoms with Crippen molar-refractivity contribution in [2.45, 2.75) is 12.5 Å². The zero-order valence-electron chi connectivity index (χ0n) is 18.8. The number of amides is 1. The quantitative estimate of drug-likeness (QED) is 0.346. The van der Waals surface area contributed by atoms with E-state index in [1.165, 1.54) is 18.1 Å². The molecule has 0 unspecified atom stereocenters. The lowest BCUT2D eigenvalue weighted by atomic mass is 9.95. The molecule has 34 heavy (non-hydrogen) atoms. The van der Waals surface area contributed by atoms with Gasteiger partial charge in [0, 0.05) is 36.8 Å². The summed E-state index contributed by atoms with van der Waals surface area (Å²) < 4.78 is 10.6. The Labute approximate surface area is 208 Å². The van der Waals surface area contributed by atoms with E-state index in [4.69, 9.17) is 32.7 Å². The first-order chi connectivity index (χ1) is 16.4. The SMILES string of the molecule is COc1ccc(C(O)=C2C(=O)C(=O)N(CCCN3CCOCC3)[C@H]2c2cccc(Cl)c2)cc1Cl. The van der Waals surface area contributed by atoms with Crippen LogP contribution in [0, 0.1) is 0 Å². The zero-order valence-corrected chi connectivity index (χ0v) is 20.3. The third-order valence-corrected chi connectivity index (χ3v) is 6.64. The summed E-state index contributed by atoms with van der Waals surface area (Å²) in [6, 6.07) is 10.9. The minimum Gasteiger partial charge on any atom is -0.507 e. The number of carbonyl (C=O) groups is 2. The highest BCUT2D eigenvalue weighted by atomic mass is 35.5. The first kappa shape index (κ1) is 24.5. The van der Waals surface area contributed by atoms with Crippen LogP contribution < -0.4 is 4.74 Å². The van der Waals surface area contributed by atoms with Gasteiger partial charge in [-0.1, -0.05) is 35.3 Å². The van der Waals surface area contributed by atoms with Crippen LogP contribution in [0.3, 0.4) is 0 Å². The Kier molecular flexibility index (Phi) is 7.78. The number of ether oxygens (including phenoxy) is 2. The fraction of sp³-hybridized carbons (Fsp3) is 0.360. The van der Waals surface area contributed by atoms with E-state index in [9.17, 15) is 14.7 Å². The van der Waals surface area contributed by atoms with E-state index in [0.717, 1.165) is 19.6 Å². The van der Waals surface area contributed by atoms with Gasteiger partial charge in [0.15, 0.2) is 0 Å². The number of likely N-dealkylation sites (tertiary alicyclic amines) is 1. The molecule has 0 aliphatic carbocycles. The summed E-state index contributed by atoms with van der Waals surface area (Å²) in [6.07, 6.45) is 0.679. The highest BCUT2D eigenvalue weighted by Crippen LogP contribution is 2.40. The molecule has 2 aliphatic rings. The van der Waals surface area contributed by atoms with Crippen molar-refractivity contribution in [1.29, 1.82) is 0 Å². The number of Topliss-reactive ketones (excluding diaryl/α,β-unsaturated/α-hetero) is 1. The Morgan fingerprint density at radius 3 is 2.56 bits per heavy atom. The molecule has 0 aromatic heterocycles. The Balaban J connectivity index is 1.69. The molecule has 0 radical (unpaired) electrons. The second-order valence-electron chi connectivity index (χ2n) is 8.20. The van der Waals surface area contributed by atoms with Crippen molar-refractivity contribution < 1.29 is 24.2 Å². The van der Waals surface area contributed by atoms with Gasteiger partial charge in [0.2, 0.25) is 0 Å². The highest BCUT2D eigenvalue weighted by Gasteiger charge is 2.45. The Morgan fingerprint density at radius 1 is 1.12 bits per heavy atom. The third kappa shape index (κ3) is 5.08. The molecule has 0 bridgehead atoms.